The third-order valence-corrected chi connectivity index (χ3v) is 3.74. The van der Waals surface area contributed by atoms with Crippen LogP contribution in [0.3, 0.4) is 0 Å². The van der Waals surface area contributed by atoms with E-state index in [9.17, 15) is 5.11 Å². The van der Waals surface area contributed by atoms with Crippen LogP contribution in [0.25, 0.3) is 0 Å². The maximum absolute atomic E-state index is 10.2. The summed E-state index contributed by atoms with van der Waals surface area (Å²) in [6, 6.07) is 12.1. The summed E-state index contributed by atoms with van der Waals surface area (Å²) in [7, 11) is 1.69. The normalized spacial score (nSPS) is 12.7. The molecule has 0 unspecified atom stereocenters. The van der Waals surface area contributed by atoms with Gasteiger partial charge in [0.1, 0.15) is 12.4 Å². The number of aliphatic hydroxyl groups is 1. The van der Waals surface area contributed by atoms with Crippen LogP contribution in [0, 0.1) is 6.92 Å². The van der Waals surface area contributed by atoms with Crippen molar-refractivity contribution in [2.75, 3.05) is 33.4 Å². The Morgan fingerprint density at radius 1 is 1.21 bits per heavy atom. The van der Waals surface area contributed by atoms with Gasteiger partial charge in [-0.1, -0.05) is 29.8 Å². The average Bonchev–Trinajstić information content (AvgIpc) is 3.08. The fourth-order valence-corrected chi connectivity index (χ4v) is 2.45. The van der Waals surface area contributed by atoms with Gasteiger partial charge in [-0.05, 0) is 24.6 Å². The van der Waals surface area contributed by atoms with Crippen LogP contribution in [-0.4, -0.2) is 49.5 Å². The summed E-state index contributed by atoms with van der Waals surface area (Å²) in [4.78, 5) is 2.18. The molecule has 2 rings (SSSR count). The fourth-order valence-electron chi connectivity index (χ4n) is 2.45. The molecule has 0 amide bonds. The van der Waals surface area contributed by atoms with Gasteiger partial charge in [0.2, 0.25) is 0 Å². The third kappa shape index (κ3) is 6.84. The lowest BCUT2D eigenvalue weighted by Gasteiger charge is -2.25. The van der Waals surface area contributed by atoms with Gasteiger partial charge < -0.3 is 19.0 Å². The van der Waals surface area contributed by atoms with E-state index in [2.05, 4.69) is 36.1 Å². The van der Waals surface area contributed by atoms with Gasteiger partial charge in [0.15, 0.2) is 0 Å². The molecule has 1 atom stereocenters. The highest BCUT2D eigenvalue weighted by Crippen LogP contribution is 2.08. The fraction of sp³-hybridized carbons (Fsp3) is 0.474. The Bertz CT molecular complexity index is 553. The Hall–Kier alpha value is -1.66. The van der Waals surface area contributed by atoms with Gasteiger partial charge in [0, 0.05) is 26.7 Å². The Morgan fingerprint density at radius 3 is 2.67 bits per heavy atom. The topological polar surface area (TPSA) is 55.1 Å². The van der Waals surface area contributed by atoms with Crippen LogP contribution in [0.15, 0.2) is 47.1 Å². The molecule has 0 saturated heterocycles. The summed E-state index contributed by atoms with van der Waals surface area (Å²) in [6.45, 7) is 5.44. The zero-order valence-electron chi connectivity index (χ0n) is 14.5. The van der Waals surface area contributed by atoms with Gasteiger partial charge in [-0.25, -0.2) is 0 Å². The zero-order chi connectivity index (χ0) is 17.2. The summed E-state index contributed by atoms with van der Waals surface area (Å²) in [6.07, 6.45) is 1.06. The molecule has 1 heterocycles. The molecule has 0 bridgehead atoms. The van der Waals surface area contributed by atoms with Gasteiger partial charge in [0.25, 0.3) is 0 Å². The van der Waals surface area contributed by atoms with Crippen molar-refractivity contribution in [2.45, 2.75) is 26.2 Å². The molecular weight excluding hydrogens is 306 g/mol. The van der Waals surface area contributed by atoms with Crippen molar-refractivity contribution in [3.8, 4) is 0 Å². The zero-order valence-corrected chi connectivity index (χ0v) is 14.5. The quantitative estimate of drug-likeness (QED) is 0.685. The van der Waals surface area contributed by atoms with Crippen molar-refractivity contribution >= 4 is 0 Å². The highest BCUT2D eigenvalue weighted by atomic mass is 16.5. The summed E-state index contributed by atoms with van der Waals surface area (Å²) in [5.74, 6) is 0.762. The molecule has 0 saturated carbocycles. The van der Waals surface area contributed by atoms with Gasteiger partial charge in [-0.15, -0.1) is 0 Å². The van der Waals surface area contributed by atoms with Crippen LogP contribution in [-0.2, 0) is 22.6 Å². The first-order chi connectivity index (χ1) is 11.7. The number of rotatable bonds is 11. The molecular formula is C19H27NO4. The smallest absolute Gasteiger partial charge is 0.129 e. The van der Waals surface area contributed by atoms with Crippen molar-refractivity contribution in [1.29, 1.82) is 0 Å². The van der Waals surface area contributed by atoms with Crippen LogP contribution in [0.2, 0.25) is 0 Å². The lowest BCUT2D eigenvalue weighted by atomic mass is 10.1. The Labute approximate surface area is 143 Å². The number of nitrogens with zero attached hydrogens (tertiary/aromatic N) is 1. The first-order valence-corrected chi connectivity index (χ1v) is 8.22. The Kier molecular flexibility index (Phi) is 7.98. The second kappa shape index (κ2) is 10.3. The minimum Gasteiger partial charge on any atom is -0.467 e. The minimum absolute atomic E-state index is 0.276. The standard InChI is InChI=1S/C19H27NO4/c1-16-5-7-17(8-6-16)12-20(9-11-22-2)13-18(21)14-23-15-19-4-3-10-24-19/h3-8,10,18,21H,9,11-15H2,1-2H3/t18-/m0/s1. The first kappa shape index (κ1) is 18.7. The van der Waals surface area contributed by atoms with E-state index in [-0.39, 0.29) is 6.61 Å². The van der Waals surface area contributed by atoms with E-state index in [0.717, 1.165) is 18.8 Å². The van der Waals surface area contributed by atoms with E-state index in [4.69, 9.17) is 13.9 Å². The molecule has 1 N–H and O–H groups in total. The molecule has 2 aromatic rings. The van der Waals surface area contributed by atoms with Crippen molar-refractivity contribution in [3.63, 3.8) is 0 Å². The molecule has 0 radical (unpaired) electrons. The number of hydrogen-bond acceptors (Lipinski definition) is 5. The van der Waals surface area contributed by atoms with E-state index in [1.165, 1.54) is 11.1 Å². The van der Waals surface area contributed by atoms with Crippen LogP contribution in [0.4, 0.5) is 0 Å². The average molecular weight is 333 g/mol. The van der Waals surface area contributed by atoms with Crippen molar-refractivity contribution < 1.29 is 19.0 Å². The molecule has 132 valence electrons. The summed E-state index contributed by atoms with van der Waals surface area (Å²) < 4.78 is 15.9. The van der Waals surface area contributed by atoms with Crippen LogP contribution < -0.4 is 0 Å². The van der Waals surface area contributed by atoms with E-state index >= 15 is 0 Å². The number of aliphatic hydroxyl groups excluding tert-OH is 1. The number of ether oxygens (including phenoxy) is 2. The molecule has 0 aliphatic carbocycles. The van der Waals surface area contributed by atoms with Gasteiger partial charge in [-0.3, -0.25) is 4.90 Å². The predicted octanol–water partition coefficient (Wildman–Crippen LogP) is 2.61. The van der Waals surface area contributed by atoms with Crippen LogP contribution in [0.1, 0.15) is 16.9 Å². The van der Waals surface area contributed by atoms with E-state index in [0.29, 0.717) is 19.8 Å². The monoisotopic (exact) mass is 333 g/mol. The number of methoxy groups -OCH3 is 1. The highest BCUT2D eigenvalue weighted by Gasteiger charge is 2.13. The molecule has 0 aliphatic heterocycles. The molecule has 1 aromatic carbocycles. The lowest BCUT2D eigenvalue weighted by molar-refractivity contribution is 0.000487. The van der Waals surface area contributed by atoms with Crippen LogP contribution >= 0.6 is 0 Å². The molecule has 5 heteroatoms. The van der Waals surface area contributed by atoms with Crippen molar-refractivity contribution in [1.82, 2.24) is 4.90 Å². The largest absolute Gasteiger partial charge is 0.467 e. The maximum Gasteiger partial charge on any atom is 0.129 e. The van der Waals surface area contributed by atoms with Gasteiger partial charge in [-0.2, -0.15) is 0 Å². The molecule has 1 aromatic heterocycles. The summed E-state index contributed by atoms with van der Waals surface area (Å²) in [5.41, 5.74) is 2.47. The molecule has 24 heavy (non-hydrogen) atoms. The summed E-state index contributed by atoms with van der Waals surface area (Å²) in [5, 5.41) is 10.2. The molecule has 0 aliphatic rings. The second-order valence-corrected chi connectivity index (χ2v) is 5.96. The molecule has 0 spiro atoms. The van der Waals surface area contributed by atoms with Crippen LogP contribution in [0.5, 0.6) is 0 Å². The Balaban J connectivity index is 1.79. The highest BCUT2D eigenvalue weighted by molar-refractivity contribution is 5.21. The van der Waals surface area contributed by atoms with Gasteiger partial charge >= 0.3 is 0 Å². The second-order valence-electron chi connectivity index (χ2n) is 5.96. The summed E-state index contributed by atoms with van der Waals surface area (Å²) >= 11 is 0. The third-order valence-electron chi connectivity index (χ3n) is 3.74. The van der Waals surface area contributed by atoms with E-state index in [1.54, 1.807) is 13.4 Å². The lowest BCUT2D eigenvalue weighted by Crippen LogP contribution is -2.36. The van der Waals surface area contributed by atoms with Gasteiger partial charge in [0.05, 0.1) is 25.6 Å². The molecule has 5 nitrogen and oxygen atoms in total. The number of benzene rings is 1. The predicted molar refractivity (Wildman–Crippen MR) is 92.7 cm³/mol. The number of hydrogen-bond donors (Lipinski definition) is 1. The first-order valence-electron chi connectivity index (χ1n) is 8.22. The van der Waals surface area contributed by atoms with E-state index < -0.39 is 6.10 Å². The molecule has 0 fully saturated rings. The van der Waals surface area contributed by atoms with E-state index in [1.807, 2.05) is 12.1 Å². The van der Waals surface area contributed by atoms with Crippen molar-refractivity contribution in [3.05, 3.63) is 59.5 Å². The maximum atomic E-state index is 10.2. The minimum atomic E-state index is -0.553. The van der Waals surface area contributed by atoms with Crippen molar-refractivity contribution in [2.24, 2.45) is 0 Å². The Morgan fingerprint density at radius 2 is 2.00 bits per heavy atom. The SMILES string of the molecule is COCCN(Cc1ccc(C)cc1)C[C@H](O)COCc1ccco1. The number of aryl methyl sites for hydroxylation is 1. The number of furan rings is 1.